The number of nitrogens with one attached hydrogen (secondary N) is 1. The van der Waals surface area contributed by atoms with Gasteiger partial charge in [-0.05, 0) is 36.3 Å². The van der Waals surface area contributed by atoms with E-state index in [2.05, 4.69) is 18.3 Å². The molecule has 1 aromatic rings. The zero-order valence-electron chi connectivity index (χ0n) is 11.6. The van der Waals surface area contributed by atoms with Crippen molar-refractivity contribution in [2.24, 2.45) is 11.8 Å². The molecule has 0 bridgehead atoms. The SMILES string of the molecule is COc1cccc2c1NC(=O)C2C1CCC(C)CC1. The largest absolute Gasteiger partial charge is 0.495 e. The van der Waals surface area contributed by atoms with Crippen LogP contribution in [0.25, 0.3) is 0 Å². The minimum atomic E-state index is 0.0256. The highest BCUT2D eigenvalue weighted by Crippen LogP contribution is 2.46. The van der Waals surface area contributed by atoms with Crippen LogP contribution in [0, 0.1) is 11.8 Å². The molecule has 3 rings (SSSR count). The van der Waals surface area contributed by atoms with Gasteiger partial charge in [-0.3, -0.25) is 4.79 Å². The highest BCUT2D eigenvalue weighted by atomic mass is 16.5. The van der Waals surface area contributed by atoms with E-state index in [-0.39, 0.29) is 11.8 Å². The second-order valence-corrected chi connectivity index (χ2v) is 5.91. The molecular formula is C16H21NO2. The monoisotopic (exact) mass is 259 g/mol. The number of rotatable bonds is 2. The Hall–Kier alpha value is -1.51. The Morgan fingerprint density at radius 3 is 2.63 bits per heavy atom. The maximum absolute atomic E-state index is 12.3. The Morgan fingerprint density at radius 2 is 1.95 bits per heavy atom. The summed E-state index contributed by atoms with van der Waals surface area (Å²) in [5.41, 5.74) is 2.02. The molecule has 1 unspecified atom stereocenters. The van der Waals surface area contributed by atoms with Gasteiger partial charge in [-0.2, -0.15) is 0 Å². The molecule has 2 aliphatic rings. The van der Waals surface area contributed by atoms with Crippen molar-refractivity contribution in [3.63, 3.8) is 0 Å². The number of ether oxygens (including phenoxy) is 1. The third kappa shape index (κ3) is 2.11. The quantitative estimate of drug-likeness (QED) is 0.882. The van der Waals surface area contributed by atoms with E-state index in [1.54, 1.807) is 7.11 Å². The van der Waals surface area contributed by atoms with Gasteiger partial charge in [0.15, 0.2) is 0 Å². The first-order valence-electron chi connectivity index (χ1n) is 7.18. The number of para-hydroxylation sites is 1. The Balaban J connectivity index is 1.90. The number of carbonyl (C=O) groups is 1. The van der Waals surface area contributed by atoms with E-state index < -0.39 is 0 Å². The summed E-state index contributed by atoms with van der Waals surface area (Å²) in [5.74, 6) is 2.25. The van der Waals surface area contributed by atoms with Gasteiger partial charge in [0.05, 0.1) is 18.7 Å². The van der Waals surface area contributed by atoms with E-state index in [1.807, 2.05) is 12.1 Å². The molecule has 1 amide bonds. The lowest BCUT2D eigenvalue weighted by molar-refractivity contribution is -0.118. The van der Waals surface area contributed by atoms with Crippen molar-refractivity contribution in [2.75, 3.05) is 12.4 Å². The fourth-order valence-corrected chi connectivity index (χ4v) is 3.54. The molecule has 102 valence electrons. The fourth-order valence-electron chi connectivity index (χ4n) is 3.54. The van der Waals surface area contributed by atoms with Crippen LogP contribution in [0.1, 0.15) is 44.1 Å². The number of hydrogen-bond donors (Lipinski definition) is 1. The van der Waals surface area contributed by atoms with Gasteiger partial charge in [-0.15, -0.1) is 0 Å². The van der Waals surface area contributed by atoms with Crippen molar-refractivity contribution >= 4 is 11.6 Å². The highest BCUT2D eigenvalue weighted by Gasteiger charge is 2.39. The molecule has 1 saturated carbocycles. The molecule has 1 atom stereocenters. The zero-order valence-corrected chi connectivity index (χ0v) is 11.6. The van der Waals surface area contributed by atoms with E-state index >= 15 is 0 Å². The third-order valence-corrected chi connectivity index (χ3v) is 4.68. The van der Waals surface area contributed by atoms with Crippen LogP contribution >= 0.6 is 0 Å². The standard InChI is InChI=1S/C16H21NO2/c1-10-6-8-11(9-7-10)14-12-4-3-5-13(19-2)15(12)17-16(14)18/h3-5,10-11,14H,6-9H2,1-2H3,(H,17,18). The predicted octanol–water partition coefficient (Wildman–Crippen LogP) is 3.56. The molecule has 1 aliphatic heterocycles. The number of anilines is 1. The van der Waals surface area contributed by atoms with Crippen molar-refractivity contribution in [3.8, 4) is 5.75 Å². The zero-order chi connectivity index (χ0) is 13.4. The number of fused-ring (bicyclic) bond motifs is 1. The molecule has 1 fully saturated rings. The second kappa shape index (κ2) is 4.87. The first-order valence-corrected chi connectivity index (χ1v) is 7.18. The van der Waals surface area contributed by atoms with Crippen LogP contribution in [0.15, 0.2) is 18.2 Å². The second-order valence-electron chi connectivity index (χ2n) is 5.91. The third-order valence-electron chi connectivity index (χ3n) is 4.68. The maximum atomic E-state index is 12.3. The van der Waals surface area contributed by atoms with Crippen molar-refractivity contribution in [2.45, 2.75) is 38.5 Å². The molecule has 1 aliphatic carbocycles. The van der Waals surface area contributed by atoms with Gasteiger partial charge in [0.2, 0.25) is 5.91 Å². The first kappa shape index (κ1) is 12.5. The summed E-state index contributed by atoms with van der Waals surface area (Å²) in [5, 5.41) is 3.01. The van der Waals surface area contributed by atoms with Gasteiger partial charge < -0.3 is 10.1 Å². The first-order chi connectivity index (χ1) is 9.20. The van der Waals surface area contributed by atoms with Crippen LogP contribution in [-0.4, -0.2) is 13.0 Å². The molecule has 1 N–H and O–H groups in total. The topological polar surface area (TPSA) is 38.3 Å². The van der Waals surface area contributed by atoms with Crippen molar-refractivity contribution in [1.29, 1.82) is 0 Å². The van der Waals surface area contributed by atoms with Crippen LogP contribution in [0.5, 0.6) is 5.75 Å². The average Bonchev–Trinajstić information content (AvgIpc) is 2.76. The lowest BCUT2D eigenvalue weighted by Gasteiger charge is -2.29. The Labute approximate surface area is 114 Å². The molecule has 0 saturated heterocycles. The molecule has 3 nitrogen and oxygen atoms in total. The van der Waals surface area contributed by atoms with Gasteiger partial charge in [-0.1, -0.05) is 31.9 Å². The highest BCUT2D eigenvalue weighted by molar-refractivity contribution is 6.04. The molecular weight excluding hydrogens is 238 g/mol. The van der Waals surface area contributed by atoms with Crippen LogP contribution in [-0.2, 0) is 4.79 Å². The van der Waals surface area contributed by atoms with Gasteiger partial charge >= 0.3 is 0 Å². The van der Waals surface area contributed by atoms with Gasteiger partial charge in [0.1, 0.15) is 5.75 Å². The summed E-state index contributed by atoms with van der Waals surface area (Å²) in [6.07, 6.45) is 4.81. The summed E-state index contributed by atoms with van der Waals surface area (Å²) in [7, 11) is 1.65. The minimum Gasteiger partial charge on any atom is -0.495 e. The van der Waals surface area contributed by atoms with Crippen molar-refractivity contribution in [3.05, 3.63) is 23.8 Å². The fraction of sp³-hybridized carbons (Fsp3) is 0.562. The lowest BCUT2D eigenvalue weighted by Crippen LogP contribution is -2.24. The Kier molecular flexibility index (Phi) is 3.21. The Morgan fingerprint density at radius 1 is 1.21 bits per heavy atom. The molecule has 0 radical (unpaired) electrons. The van der Waals surface area contributed by atoms with Gasteiger partial charge in [-0.25, -0.2) is 0 Å². The summed E-state index contributed by atoms with van der Waals surface area (Å²) < 4.78 is 5.34. The van der Waals surface area contributed by atoms with E-state index in [9.17, 15) is 4.79 Å². The van der Waals surface area contributed by atoms with E-state index in [4.69, 9.17) is 4.74 Å². The van der Waals surface area contributed by atoms with Gasteiger partial charge in [0, 0.05) is 0 Å². The van der Waals surface area contributed by atoms with E-state index in [0.29, 0.717) is 5.92 Å². The number of benzene rings is 1. The molecule has 3 heteroatoms. The molecule has 1 heterocycles. The summed E-state index contributed by atoms with van der Waals surface area (Å²) in [6.45, 7) is 2.31. The number of carbonyl (C=O) groups excluding carboxylic acids is 1. The maximum Gasteiger partial charge on any atom is 0.232 e. The average molecular weight is 259 g/mol. The summed E-state index contributed by atoms with van der Waals surface area (Å²) >= 11 is 0. The molecule has 0 spiro atoms. The van der Waals surface area contributed by atoms with Crippen LogP contribution in [0.2, 0.25) is 0 Å². The number of hydrogen-bond acceptors (Lipinski definition) is 2. The molecule has 1 aromatic carbocycles. The minimum absolute atomic E-state index is 0.0256. The van der Waals surface area contributed by atoms with Crippen molar-refractivity contribution < 1.29 is 9.53 Å². The summed E-state index contributed by atoms with van der Waals surface area (Å²) in [4.78, 5) is 12.3. The van der Waals surface area contributed by atoms with Crippen LogP contribution < -0.4 is 10.1 Å². The van der Waals surface area contributed by atoms with E-state index in [1.165, 1.54) is 12.8 Å². The Bertz CT molecular complexity index is 490. The number of methoxy groups -OCH3 is 1. The normalized spacial score (nSPS) is 29.8. The lowest BCUT2D eigenvalue weighted by atomic mass is 9.74. The van der Waals surface area contributed by atoms with Crippen molar-refractivity contribution in [1.82, 2.24) is 0 Å². The summed E-state index contributed by atoms with van der Waals surface area (Å²) in [6, 6.07) is 5.96. The van der Waals surface area contributed by atoms with Crippen LogP contribution in [0.3, 0.4) is 0 Å². The smallest absolute Gasteiger partial charge is 0.232 e. The molecule has 0 aromatic heterocycles. The number of amides is 1. The molecule has 19 heavy (non-hydrogen) atoms. The van der Waals surface area contributed by atoms with Crippen LogP contribution in [0.4, 0.5) is 5.69 Å². The van der Waals surface area contributed by atoms with Gasteiger partial charge in [0.25, 0.3) is 0 Å². The predicted molar refractivity (Wildman–Crippen MR) is 75.5 cm³/mol. The van der Waals surface area contributed by atoms with E-state index in [0.717, 1.165) is 35.8 Å².